The highest BCUT2D eigenvalue weighted by Gasteiger charge is 2.28. The highest BCUT2D eigenvalue weighted by Crippen LogP contribution is 2.32. The molecule has 1 N–H and O–H groups in total. The third-order valence-corrected chi connectivity index (χ3v) is 6.56. The number of rotatable bonds is 17. The number of carbonyl (C=O) groups is 1. The van der Waals surface area contributed by atoms with E-state index in [-0.39, 0.29) is 12.5 Å². The second-order valence-corrected chi connectivity index (χ2v) is 9.53. The number of likely N-dealkylation sites (N-methyl/N-ethyl adjacent to an activating group) is 1. The zero-order chi connectivity index (χ0) is 28.2. The van der Waals surface area contributed by atoms with Crippen LogP contribution in [0.15, 0.2) is 0 Å². The van der Waals surface area contributed by atoms with Crippen molar-refractivity contribution in [1.29, 1.82) is 0 Å². The van der Waals surface area contributed by atoms with E-state index >= 15 is 0 Å². The van der Waals surface area contributed by atoms with Gasteiger partial charge < -0.3 is 39.1 Å². The van der Waals surface area contributed by atoms with Gasteiger partial charge in [-0.1, -0.05) is 13.8 Å². The Hall–Kier alpha value is -3.03. The molecule has 0 aromatic carbocycles. The van der Waals surface area contributed by atoms with E-state index in [1.807, 2.05) is 16.8 Å². The van der Waals surface area contributed by atoms with Crippen molar-refractivity contribution < 1.29 is 19.0 Å². The summed E-state index contributed by atoms with van der Waals surface area (Å²) in [5, 5.41) is 3.47. The van der Waals surface area contributed by atoms with Gasteiger partial charge in [-0.2, -0.15) is 9.97 Å². The molecule has 13 heteroatoms. The van der Waals surface area contributed by atoms with E-state index in [1.165, 1.54) is 0 Å². The van der Waals surface area contributed by atoms with Gasteiger partial charge in [-0.3, -0.25) is 4.79 Å². The first-order valence-electron chi connectivity index (χ1n) is 13.8. The topological polar surface area (TPSA) is 121 Å². The van der Waals surface area contributed by atoms with Crippen LogP contribution in [0.25, 0.3) is 11.0 Å². The van der Waals surface area contributed by atoms with Gasteiger partial charge in [0.2, 0.25) is 17.8 Å². The standard InChI is InChI=1S/C26H45N9O4/c1-7-9-27-23-21-22(29-25(30-23)33(10-8-2)13-16-37-4)24(35-12-11-32(3)20(36)19-35)31-26(28-21)34(14-17-38-5)15-18-39-6/h7-19H2,1-6H3,(H,27,29,30). The summed E-state index contributed by atoms with van der Waals surface area (Å²) in [6, 6.07) is 0. The zero-order valence-electron chi connectivity index (χ0n) is 24.4. The van der Waals surface area contributed by atoms with E-state index in [0.717, 1.165) is 25.9 Å². The van der Waals surface area contributed by atoms with E-state index < -0.39 is 0 Å². The molecule has 3 heterocycles. The van der Waals surface area contributed by atoms with Crippen molar-refractivity contribution in [3.63, 3.8) is 0 Å². The number of aromatic nitrogens is 4. The van der Waals surface area contributed by atoms with Crippen LogP contribution in [0.3, 0.4) is 0 Å². The molecule has 0 radical (unpaired) electrons. The fourth-order valence-corrected chi connectivity index (χ4v) is 4.28. The highest BCUT2D eigenvalue weighted by atomic mass is 16.5. The molecule has 1 saturated heterocycles. The van der Waals surface area contributed by atoms with Gasteiger partial charge in [0.25, 0.3) is 0 Å². The van der Waals surface area contributed by atoms with Crippen LogP contribution >= 0.6 is 0 Å². The first kappa shape index (κ1) is 30.5. The number of nitrogens with one attached hydrogen (secondary N) is 1. The number of nitrogens with zero attached hydrogens (tertiary/aromatic N) is 8. The first-order valence-corrected chi connectivity index (χ1v) is 13.8. The minimum atomic E-state index is 0.0384. The fourth-order valence-electron chi connectivity index (χ4n) is 4.28. The van der Waals surface area contributed by atoms with Gasteiger partial charge in [0, 0.05) is 74.2 Å². The van der Waals surface area contributed by atoms with Crippen LogP contribution in [0.5, 0.6) is 0 Å². The van der Waals surface area contributed by atoms with Crippen LogP contribution in [-0.2, 0) is 19.0 Å². The summed E-state index contributed by atoms with van der Waals surface area (Å²) in [4.78, 5) is 40.6. The lowest BCUT2D eigenvalue weighted by molar-refractivity contribution is -0.129. The lowest BCUT2D eigenvalue weighted by Crippen LogP contribution is -2.49. The van der Waals surface area contributed by atoms with Crippen molar-refractivity contribution in [3.05, 3.63) is 0 Å². The molecule has 0 saturated carbocycles. The molecule has 2 aromatic heterocycles. The maximum Gasteiger partial charge on any atom is 0.241 e. The van der Waals surface area contributed by atoms with Gasteiger partial charge >= 0.3 is 0 Å². The number of methoxy groups -OCH3 is 3. The Morgan fingerprint density at radius 3 is 1.95 bits per heavy atom. The number of hydrogen-bond acceptors (Lipinski definition) is 12. The third kappa shape index (κ3) is 7.99. The van der Waals surface area contributed by atoms with E-state index in [0.29, 0.717) is 87.1 Å². The van der Waals surface area contributed by atoms with Crippen molar-refractivity contribution >= 4 is 40.5 Å². The van der Waals surface area contributed by atoms with E-state index in [9.17, 15) is 4.79 Å². The molecule has 39 heavy (non-hydrogen) atoms. The van der Waals surface area contributed by atoms with Crippen LogP contribution in [0.2, 0.25) is 0 Å². The average molecular weight is 548 g/mol. The Bertz CT molecular complexity index is 1050. The first-order chi connectivity index (χ1) is 19.0. The fraction of sp³-hybridized carbons (Fsp3) is 0.731. The molecule has 13 nitrogen and oxygen atoms in total. The predicted molar refractivity (Wildman–Crippen MR) is 154 cm³/mol. The summed E-state index contributed by atoms with van der Waals surface area (Å²) < 4.78 is 16.1. The minimum Gasteiger partial charge on any atom is -0.383 e. The maximum atomic E-state index is 12.7. The van der Waals surface area contributed by atoms with E-state index in [4.69, 9.17) is 34.1 Å². The van der Waals surface area contributed by atoms with E-state index in [2.05, 4.69) is 24.1 Å². The highest BCUT2D eigenvalue weighted by molar-refractivity contribution is 5.96. The number of piperazine rings is 1. The molecule has 0 atom stereocenters. The van der Waals surface area contributed by atoms with Crippen molar-refractivity contribution in [3.8, 4) is 0 Å². The van der Waals surface area contributed by atoms with Crippen LogP contribution in [0.4, 0.5) is 23.5 Å². The molecular weight excluding hydrogens is 502 g/mol. The molecule has 1 aliphatic heterocycles. The summed E-state index contributed by atoms with van der Waals surface area (Å²) in [6.07, 6.45) is 1.86. The Morgan fingerprint density at radius 2 is 1.38 bits per heavy atom. The number of ether oxygens (including phenoxy) is 3. The predicted octanol–water partition coefficient (Wildman–Crippen LogP) is 1.48. The molecule has 0 bridgehead atoms. The quantitative estimate of drug-likeness (QED) is 0.309. The number of carbonyl (C=O) groups excluding carboxylic acids is 1. The second-order valence-electron chi connectivity index (χ2n) is 9.53. The molecule has 1 amide bonds. The van der Waals surface area contributed by atoms with Crippen LogP contribution in [0, 0.1) is 0 Å². The summed E-state index contributed by atoms with van der Waals surface area (Å²) >= 11 is 0. The van der Waals surface area contributed by atoms with Gasteiger partial charge in [0.1, 0.15) is 11.0 Å². The maximum absolute atomic E-state index is 12.7. The summed E-state index contributed by atoms with van der Waals surface area (Å²) in [6.45, 7) is 10.6. The van der Waals surface area contributed by atoms with Crippen molar-refractivity contribution in [2.24, 2.45) is 0 Å². The second kappa shape index (κ2) is 15.5. The summed E-state index contributed by atoms with van der Waals surface area (Å²) in [5.41, 5.74) is 1.25. The Morgan fingerprint density at radius 1 is 0.795 bits per heavy atom. The molecule has 0 spiro atoms. The summed E-state index contributed by atoms with van der Waals surface area (Å²) in [5.74, 6) is 2.44. The average Bonchev–Trinajstić information content (AvgIpc) is 2.95. The Kier molecular flexibility index (Phi) is 12.2. The van der Waals surface area contributed by atoms with Gasteiger partial charge in [-0.25, -0.2) is 9.97 Å². The van der Waals surface area contributed by atoms with Gasteiger partial charge in [0.05, 0.1) is 26.4 Å². The van der Waals surface area contributed by atoms with Gasteiger partial charge in [-0.05, 0) is 12.8 Å². The molecule has 0 unspecified atom stereocenters. The molecule has 1 fully saturated rings. The lowest BCUT2D eigenvalue weighted by atomic mass is 10.2. The molecule has 3 rings (SSSR count). The SMILES string of the molecule is CCCNc1nc(N(CCC)CCOC)nc2c(N3CCN(C)C(=O)C3)nc(N(CCOC)CCOC)nc12. The molecule has 0 aliphatic carbocycles. The third-order valence-electron chi connectivity index (χ3n) is 6.56. The minimum absolute atomic E-state index is 0.0384. The van der Waals surface area contributed by atoms with Gasteiger partial charge in [-0.15, -0.1) is 0 Å². The molecule has 1 aliphatic rings. The smallest absolute Gasteiger partial charge is 0.241 e. The van der Waals surface area contributed by atoms with Crippen LogP contribution < -0.4 is 20.0 Å². The number of fused-ring (bicyclic) bond motifs is 1. The van der Waals surface area contributed by atoms with Crippen molar-refractivity contribution in [2.75, 3.05) is 121 Å². The summed E-state index contributed by atoms with van der Waals surface area (Å²) in [7, 11) is 6.86. The number of hydrogen-bond donors (Lipinski definition) is 1. The number of anilines is 4. The molecule has 2 aromatic rings. The van der Waals surface area contributed by atoms with Crippen LogP contribution in [0.1, 0.15) is 26.7 Å². The van der Waals surface area contributed by atoms with E-state index in [1.54, 1.807) is 26.2 Å². The van der Waals surface area contributed by atoms with Crippen molar-refractivity contribution in [1.82, 2.24) is 24.8 Å². The number of amides is 1. The Balaban J connectivity index is 2.23. The Labute approximate surface area is 231 Å². The largest absolute Gasteiger partial charge is 0.383 e. The molecule has 218 valence electrons. The van der Waals surface area contributed by atoms with Crippen LogP contribution in [-0.4, -0.2) is 131 Å². The zero-order valence-corrected chi connectivity index (χ0v) is 24.4. The lowest BCUT2D eigenvalue weighted by Gasteiger charge is -2.34. The van der Waals surface area contributed by atoms with Gasteiger partial charge in [0.15, 0.2) is 11.6 Å². The normalized spacial score (nSPS) is 13.8. The van der Waals surface area contributed by atoms with Crippen molar-refractivity contribution in [2.45, 2.75) is 26.7 Å². The monoisotopic (exact) mass is 547 g/mol. The molecular formula is C26H45N9O4.